The van der Waals surface area contributed by atoms with Crippen LogP contribution in [0.3, 0.4) is 0 Å². The van der Waals surface area contributed by atoms with E-state index in [1.54, 1.807) is 0 Å². The van der Waals surface area contributed by atoms with Crippen LogP contribution < -0.4 is 5.32 Å². The van der Waals surface area contributed by atoms with Gasteiger partial charge in [0, 0.05) is 26.0 Å². The first-order chi connectivity index (χ1) is 8.38. The van der Waals surface area contributed by atoms with Crippen LogP contribution in [-0.4, -0.2) is 36.0 Å². The van der Waals surface area contributed by atoms with Crippen LogP contribution in [0, 0.1) is 0 Å². The number of likely N-dealkylation sites (N-methyl/N-ethyl adjacent to an activating group) is 1. The van der Waals surface area contributed by atoms with Crippen molar-refractivity contribution in [1.82, 2.24) is 15.5 Å². The molecule has 0 radical (unpaired) electrons. The lowest BCUT2D eigenvalue weighted by atomic mass is 10.1. The van der Waals surface area contributed by atoms with Gasteiger partial charge in [0.25, 0.3) is 0 Å². The predicted octanol–water partition coefficient (Wildman–Crippen LogP) is 1.33. The number of hydrogen-bond acceptors (Lipinski definition) is 5. The van der Waals surface area contributed by atoms with E-state index in [1.807, 2.05) is 0 Å². The number of nitrogens with zero attached hydrogens (tertiary/aromatic N) is 2. The fourth-order valence-corrected chi connectivity index (χ4v) is 2.02. The number of hydrogen-bond donors (Lipinski definition) is 1. The molecule has 5 heteroatoms. The zero-order valence-electron chi connectivity index (χ0n) is 10.4. The van der Waals surface area contributed by atoms with E-state index in [4.69, 9.17) is 9.15 Å². The molecule has 0 saturated carbocycles. The van der Waals surface area contributed by atoms with E-state index in [9.17, 15) is 0 Å². The summed E-state index contributed by atoms with van der Waals surface area (Å²) in [7, 11) is 0. The van der Waals surface area contributed by atoms with Crippen molar-refractivity contribution >= 4 is 0 Å². The van der Waals surface area contributed by atoms with Gasteiger partial charge in [-0.3, -0.25) is 0 Å². The molecule has 1 N–H and O–H groups in total. The Hall–Kier alpha value is -0.940. The highest BCUT2D eigenvalue weighted by atomic mass is 16.5. The highest BCUT2D eigenvalue weighted by molar-refractivity contribution is 4.84. The van der Waals surface area contributed by atoms with Crippen molar-refractivity contribution < 1.29 is 9.15 Å². The number of rotatable bonds is 7. The van der Waals surface area contributed by atoms with Gasteiger partial charge in [0.15, 0.2) is 0 Å². The minimum Gasteiger partial charge on any atom is -0.425 e. The molecule has 17 heavy (non-hydrogen) atoms. The third-order valence-corrected chi connectivity index (χ3v) is 2.98. The van der Waals surface area contributed by atoms with Gasteiger partial charge in [-0.05, 0) is 25.8 Å². The average molecular weight is 239 g/mol. The Morgan fingerprint density at radius 1 is 1.29 bits per heavy atom. The van der Waals surface area contributed by atoms with E-state index in [2.05, 4.69) is 22.4 Å². The molecule has 1 unspecified atom stereocenters. The molecule has 1 saturated heterocycles. The smallest absolute Gasteiger partial charge is 0.217 e. The highest BCUT2D eigenvalue weighted by Gasteiger charge is 2.16. The molecule has 0 aliphatic carbocycles. The zero-order valence-corrected chi connectivity index (χ0v) is 10.4. The second kappa shape index (κ2) is 6.71. The van der Waals surface area contributed by atoms with E-state index >= 15 is 0 Å². The molecule has 0 amide bonds. The minimum absolute atomic E-state index is 0.395. The van der Waals surface area contributed by atoms with Crippen LogP contribution in [0.25, 0.3) is 0 Å². The Balaban J connectivity index is 1.69. The van der Waals surface area contributed by atoms with Gasteiger partial charge >= 0.3 is 0 Å². The normalized spacial score (nSPS) is 19.9. The molecule has 1 atom stereocenters. The lowest BCUT2D eigenvalue weighted by Crippen LogP contribution is -2.16. The van der Waals surface area contributed by atoms with Crippen LogP contribution in [-0.2, 0) is 17.6 Å². The van der Waals surface area contributed by atoms with Gasteiger partial charge in [-0.1, -0.05) is 6.92 Å². The SMILES string of the molecule is CCNCCc1nnc(CCC2CCCO2)o1. The number of aryl methyl sites for hydroxylation is 1. The summed E-state index contributed by atoms with van der Waals surface area (Å²) in [5.41, 5.74) is 0. The molecule has 2 rings (SSSR count). The van der Waals surface area contributed by atoms with Gasteiger partial charge in [0.1, 0.15) is 0 Å². The average Bonchev–Trinajstić information content (AvgIpc) is 2.98. The summed E-state index contributed by atoms with van der Waals surface area (Å²) in [6.07, 6.45) is 5.38. The van der Waals surface area contributed by atoms with Crippen LogP contribution in [0.2, 0.25) is 0 Å². The van der Waals surface area contributed by atoms with Crippen molar-refractivity contribution in [2.75, 3.05) is 19.7 Å². The molecular weight excluding hydrogens is 218 g/mol. The lowest BCUT2D eigenvalue weighted by molar-refractivity contribution is 0.103. The monoisotopic (exact) mass is 239 g/mol. The van der Waals surface area contributed by atoms with E-state index < -0.39 is 0 Å². The predicted molar refractivity (Wildman–Crippen MR) is 63.8 cm³/mol. The summed E-state index contributed by atoms with van der Waals surface area (Å²) in [6, 6.07) is 0. The Morgan fingerprint density at radius 2 is 2.12 bits per heavy atom. The van der Waals surface area contributed by atoms with Gasteiger partial charge in [-0.15, -0.1) is 10.2 Å². The van der Waals surface area contributed by atoms with Crippen LogP contribution >= 0.6 is 0 Å². The Labute approximate surface area is 102 Å². The summed E-state index contributed by atoms with van der Waals surface area (Å²) in [4.78, 5) is 0. The Morgan fingerprint density at radius 3 is 2.82 bits per heavy atom. The highest BCUT2D eigenvalue weighted by Crippen LogP contribution is 2.17. The van der Waals surface area contributed by atoms with Crippen molar-refractivity contribution in [3.63, 3.8) is 0 Å². The first-order valence-corrected chi connectivity index (χ1v) is 6.52. The van der Waals surface area contributed by atoms with Crippen molar-refractivity contribution in [2.45, 2.75) is 45.1 Å². The van der Waals surface area contributed by atoms with Crippen molar-refractivity contribution in [1.29, 1.82) is 0 Å². The van der Waals surface area contributed by atoms with E-state index in [0.29, 0.717) is 6.10 Å². The number of ether oxygens (including phenoxy) is 1. The molecule has 0 bridgehead atoms. The lowest BCUT2D eigenvalue weighted by Gasteiger charge is -2.05. The summed E-state index contributed by atoms with van der Waals surface area (Å²) >= 11 is 0. The zero-order chi connectivity index (χ0) is 11.9. The van der Waals surface area contributed by atoms with Crippen molar-refractivity contribution in [3.8, 4) is 0 Å². The maximum absolute atomic E-state index is 5.57. The molecule has 1 aromatic heterocycles. The van der Waals surface area contributed by atoms with Gasteiger partial charge in [0.2, 0.25) is 11.8 Å². The first-order valence-electron chi connectivity index (χ1n) is 6.52. The molecule has 1 fully saturated rings. The largest absolute Gasteiger partial charge is 0.425 e. The molecule has 96 valence electrons. The number of nitrogens with one attached hydrogen (secondary N) is 1. The van der Waals surface area contributed by atoms with E-state index in [1.165, 1.54) is 12.8 Å². The number of aromatic nitrogens is 2. The summed E-state index contributed by atoms with van der Waals surface area (Å²) in [6.45, 7) is 4.85. The maximum atomic E-state index is 5.57. The molecule has 2 heterocycles. The van der Waals surface area contributed by atoms with Crippen LogP contribution in [0.15, 0.2) is 4.42 Å². The third kappa shape index (κ3) is 4.09. The fraction of sp³-hybridized carbons (Fsp3) is 0.833. The minimum atomic E-state index is 0.395. The van der Waals surface area contributed by atoms with Gasteiger partial charge in [-0.25, -0.2) is 0 Å². The summed E-state index contributed by atoms with van der Waals surface area (Å²) in [5, 5.41) is 11.3. The molecule has 0 spiro atoms. The molecule has 1 aromatic rings. The topological polar surface area (TPSA) is 60.2 Å². The fourth-order valence-electron chi connectivity index (χ4n) is 2.02. The summed E-state index contributed by atoms with van der Waals surface area (Å²) in [5.74, 6) is 1.47. The third-order valence-electron chi connectivity index (χ3n) is 2.98. The van der Waals surface area contributed by atoms with Crippen LogP contribution in [0.1, 0.15) is 38.0 Å². The van der Waals surface area contributed by atoms with Gasteiger partial charge < -0.3 is 14.5 Å². The van der Waals surface area contributed by atoms with E-state index in [-0.39, 0.29) is 0 Å². The van der Waals surface area contributed by atoms with Crippen LogP contribution in [0.4, 0.5) is 0 Å². The molecule has 0 aromatic carbocycles. The standard InChI is InChI=1S/C12H21N3O2/c1-2-13-8-7-12-15-14-11(17-12)6-5-10-4-3-9-16-10/h10,13H,2-9H2,1H3. The second-order valence-electron chi connectivity index (χ2n) is 4.37. The van der Waals surface area contributed by atoms with Gasteiger partial charge in [0.05, 0.1) is 6.10 Å². The summed E-state index contributed by atoms with van der Waals surface area (Å²) < 4.78 is 11.1. The first kappa shape index (κ1) is 12.5. The Bertz CT molecular complexity index is 321. The maximum Gasteiger partial charge on any atom is 0.217 e. The molecule has 1 aliphatic heterocycles. The molecule has 5 nitrogen and oxygen atoms in total. The van der Waals surface area contributed by atoms with Crippen LogP contribution in [0.5, 0.6) is 0 Å². The van der Waals surface area contributed by atoms with E-state index in [0.717, 1.165) is 50.7 Å². The molecular formula is C12H21N3O2. The quantitative estimate of drug-likeness (QED) is 0.727. The van der Waals surface area contributed by atoms with Crippen molar-refractivity contribution in [3.05, 3.63) is 11.8 Å². The van der Waals surface area contributed by atoms with Gasteiger partial charge in [-0.2, -0.15) is 0 Å². The van der Waals surface area contributed by atoms with Crippen molar-refractivity contribution in [2.24, 2.45) is 0 Å². The Kier molecular flexibility index (Phi) is 4.94. The molecule has 1 aliphatic rings. The second-order valence-corrected chi connectivity index (χ2v) is 4.37.